The topological polar surface area (TPSA) is 26.3 Å². The number of ether oxygens (including phenoxy) is 1. The van der Waals surface area contributed by atoms with Crippen molar-refractivity contribution < 1.29 is 9.53 Å². The van der Waals surface area contributed by atoms with Gasteiger partial charge in [-0.1, -0.05) is 45.5 Å². The van der Waals surface area contributed by atoms with E-state index in [1.54, 1.807) is 0 Å². The van der Waals surface area contributed by atoms with Gasteiger partial charge in [-0.15, -0.1) is 0 Å². The average molecular weight is 236 g/mol. The Morgan fingerprint density at radius 3 is 2.53 bits per heavy atom. The van der Waals surface area contributed by atoms with Gasteiger partial charge in [-0.05, 0) is 29.9 Å². The summed E-state index contributed by atoms with van der Waals surface area (Å²) in [6.45, 7) is 4.42. The second kappa shape index (κ2) is 7.88. The van der Waals surface area contributed by atoms with E-state index in [0.29, 0.717) is 12.3 Å². The molecule has 17 heavy (non-hydrogen) atoms. The highest BCUT2D eigenvalue weighted by atomic mass is 16.5. The second-order valence-electron chi connectivity index (χ2n) is 4.49. The lowest BCUT2D eigenvalue weighted by Crippen LogP contribution is -2.02. The Bertz CT molecular complexity index is 343. The average Bonchev–Trinajstić information content (AvgIpc) is 2.25. The molecule has 2 heteroatoms. The molecule has 0 spiro atoms. The molecule has 0 saturated carbocycles. The molecule has 0 aliphatic heterocycles. The molecule has 0 N–H and O–H groups in total. The van der Waals surface area contributed by atoms with E-state index in [-0.39, 0.29) is 13.4 Å². The summed E-state index contributed by atoms with van der Waals surface area (Å²) in [6, 6.07) is 8.45. The molecule has 1 rings (SSSR count). The fourth-order valence-corrected chi connectivity index (χ4v) is 1.73. The largest absolute Gasteiger partial charge is 0.469 e. The summed E-state index contributed by atoms with van der Waals surface area (Å²) in [4.78, 5) is 11.0. The Balaban J connectivity index is 0.00000256. The minimum absolute atomic E-state index is 0. The molecule has 0 aromatic heterocycles. The van der Waals surface area contributed by atoms with Gasteiger partial charge in [0.05, 0.1) is 7.11 Å². The molecular formula is C15H24O2. The maximum atomic E-state index is 11.0. The monoisotopic (exact) mass is 236 g/mol. The van der Waals surface area contributed by atoms with Crippen LogP contribution in [0, 0.1) is 5.92 Å². The Morgan fingerprint density at radius 1 is 1.29 bits per heavy atom. The maximum Gasteiger partial charge on any atom is 0.305 e. The van der Waals surface area contributed by atoms with Gasteiger partial charge in [0.25, 0.3) is 0 Å². The summed E-state index contributed by atoms with van der Waals surface area (Å²) in [5.74, 6) is 0.519. The lowest BCUT2D eigenvalue weighted by molar-refractivity contribution is -0.140. The molecule has 0 saturated heterocycles. The Morgan fingerprint density at radius 2 is 1.94 bits per heavy atom. The van der Waals surface area contributed by atoms with Crippen LogP contribution in [0.4, 0.5) is 0 Å². The summed E-state index contributed by atoms with van der Waals surface area (Å²) >= 11 is 0. The zero-order valence-electron chi connectivity index (χ0n) is 10.3. The summed E-state index contributed by atoms with van der Waals surface area (Å²) in [7, 11) is 1.43. The number of rotatable bonds is 5. The summed E-state index contributed by atoms with van der Waals surface area (Å²) in [6.07, 6.45) is 2.31. The normalized spacial score (nSPS) is 9.88. The van der Waals surface area contributed by atoms with E-state index in [2.05, 4.69) is 42.8 Å². The number of carbonyl (C=O) groups excluding carboxylic acids is 1. The van der Waals surface area contributed by atoms with Gasteiger partial charge in [0.1, 0.15) is 0 Å². The number of hydrogen-bond acceptors (Lipinski definition) is 2. The molecule has 0 unspecified atom stereocenters. The first-order valence-electron chi connectivity index (χ1n) is 5.76. The molecule has 0 bridgehead atoms. The smallest absolute Gasteiger partial charge is 0.305 e. The lowest BCUT2D eigenvalue weighted by atomic mass is 9.99. The first-order valence-corrected chi connectivity index (χ1v) is 5.76. The van der Waals surface area contributed by atoms with Crippen molar-refractivity contribution >= 4 is 5.97 Å². The zero-order chi connectivity index (χ0) is 12.0. The number of hydrogen-bond donors (Lipinski definition) is 0. The van der Waals surface area contributed by atoms with Gasteiger partial charge in [0, 0.05) is 6.42 Å². The highest BCUT2D eigenvalue weighted by Gasteiger charge is 2.03. The molecule has 1 aromatic rings. The third-order valence-electron chi connectivity index (χ3n) is 2.48. The predicted molar refractivity (Wildman–Crippen MR) is 72.1 cm³/mol. The van der Waals surface area contributed by atoms with E-state index in [1.807, 2.05) is 0 Å². The van der Waals surface area contributed by atoms with E-state index in [1.165, 1.54) is 18.2 Å². The summed E-state index contributed by atoms with van der Waals surface area (Å²) < 4.78 is 4.63. The number of benzene rings is 1. The van der Waals surface area contributed by atoms with E-state index in [0.717, 1.165) is 12.8 Å². The van der Waals surface area contributed by atoms with Crippen molar-refractivity contribution in [2.24, 2.45) is 5.92 Å². The van der Waals surface area contributed by atoms with Crippen molar-refractivity contribution in [1.82, 2.24) is 0 Å². The van der Waals surface area contributed by atoms with E-state index >= 15 is 0 Å². The summed E-state index contributed by atoms with van der Waals surface area (Å²) in [5, 5.41) is 0. The van der Waals surface area contributed by atoms with Crippen LogP contribution in [0.2, 0.25) is 0 Å². The van der Waals surface area contributed by atoms with Crippen molar-refractivity contribution in [3.8, 4) is 0 Å². The minimum atomic E-state index is -0.144. The molecule has 0 radical (unpaired) electrons. The maximum absolute atomic E-state index is 11.0. The first-order chi connectivity index (χ1) is 7.61. The molecule has 96 valence electrons. The molecule has 0 aliphatic rings. The zero-order valence-corrected chi connectivity index (χ0v) is 10.3. The standard InChI is InChI=1S/C14H20O2.CH4/c1-11(2)9-13-6-4-5-12(10-13)7-8-14(15)16-3;/h4-6,10-11H,7-9H2,1-3H3;1H4. The van der Waals surface area contributed by atoms with Crippen molar-refractivity contribution in [1.29, 1.82) is 0 Å². The molecule has 0 amide bonds. The van der Waals surface area contributed by atoms with Gasteiger partial charge in [-0.25, -0.2) is 0 Å². The van der Waals surface area contributed by atoms with Crippen molar-refractivity contribution in [2.75, 3.05) is 7.11 Å². The minimum Gasteiger partial charge on any atom is -0.469 e. The molecule has 0 heterocycles. The number of carbonyl (C=O) groups is 1. The van der Waals surface area contributed by atoms with E-state index in [9.17, 15) is 4.79 Å². The molecule has 0 aliphatic carbocycles. The van der Waals surface area contributed by atoms with Crippen LogP contribution in [0.1, 0.15) is 38.8 Å². The predicted octanol–water partition coefficient (Wildman–Crippen LogP) is 3.63. The fourth-order valence-electron chi connectivity index (χ4n) is 1.73. The van der Waals surface area contributed by atoms with Crippen LogP contribution in [-0.4, -0.2) is 13.1 Å². The van der Waals surface area contributed by atoms with Crippen LogP contribution in [0.3, 0.4) is 0 Å². The Kier molecular flexibility index (Phi) is 7.27. The van der Waals surface area contributed by atoms with Gasteiger partial charge in [-0.2, -0.15) is 0 Å². The molecule has 0 atom stereocenters. The van der Waals surface area contributed by atoms with Gasteiger partial charge < -0.3 is 4.74 Å². The Hall–Kier alpha value is -1.31. The van der Waals surface area contributed by atoms with Crippen LogP contribution in [-0.2, 0) is 22.4 Å². The molecular weight excluding hydrogens is 212 g/mol. The van der Waals surface area contributed by atoms with E-state index < -0.39 is 0 Å². The molecule has 2 nitrogen and oxygen atoms in total. The van der Waals surface area contributed by atoms with Gasteiger partial charge in [0.2, 0.25) is 0 Å². The van der Waals surface area contributed by atoms with E-state index in [4.69, 9.17) is 0 Å². The second-order valence-corrected chi connectivity index (χ2v) is 4.49. The van der Waals surface area contributed by atoms with Crippen LogP contribution in [0.25, 0.3) is 0 Å². The number of aryl methyl sites for hydroxylation is 1. The number of methoxy groups -OCH3 is 1. The SMILES string of the molecule is C.COC(=O)CCc1cccc(CC(C)C)c1. The van der Waals surface area contributed by atoms with Crippen LogP contribution in [0.15, 0.2) is 24.3 Å². The first kappa shape index (κ1) is 15.7. The van der Waals surface area contributed by atoms with Gasteiger partial charge in [0.15, 0.2) is 0 Å². The third kappa shape index (κ3) is 6.10. The highest BCUT2D eigenvalue weighted by Crippen LogP contribution is 2.12. The quantitative estimate of drug-likeness (QED) is 0.730. The Labute approximate surface area is 105 Å². The van der Waals surface area contributed by atoms with Crippen molar-refractivity contribution in [3.63, 3.8) is 0 Å². The van der Waals surface area contributed by atoms with Gasteiger partial charge in [-0.3, -0.25) is 4.79 Å². The van der Waals surface area contributed by atoms with Crippen LogP contribution in [0.5, 0.6) is 0 Å². The van der Waals surface area contributed by atoms with Crippen molar-refractivity contribution in [3.05, 3.63) is 35.4 Å². The highest BCUT2D eigenvalue weighted by molar-refractivity contribution is 5.69. The summed E-state index contributed by atoms with van der Waals surface area (Å²) in [5.41, 5.74) is 2.56. The molecule has 1 aromatic carbocycles. The van der Waals surface area contributed by atoms with Gasteiger partial charge >= 0.3 is 5.97 Å². The van der Waals surface area contributed by atoms with Crippen LogP contribution >= 0.6 is 0 Å². The lowest BCUT2D eigenvalue weighted by Gasteiger charge is -2.07. The molecule has 0 fully saturated rings. The van der Waals surface area contributed by atoms with Crippen molar-refractivity contribution in [2.45, 2.75) is 40.5 Å². The third-order valence-corrected chi connectivity index (χ3v) is 2.48. The number of esters is 1. The van der Waals surface area contributed by atoms with Crippen LogP contribution < -0.4 is 0 Å². The fraction of sp³-hybridized carbons (Fsp3) is 0.533.